The number of aromatic nitrogens is 2. The normalized spacial score (nSPS) is 14.3. The second-order valence-electron chi connectivity index (χ2n) is 4.22. The zero-order chi connectivity index (χ0) is 12.3. The van der Waals surface area contributed by atoms with Gasteiger partial charge in [0.05, 0.1) is 5.69 Å². The highest BCUT2D eigenvalue weighted by Gasteiger charge is 2.18. The van der Waals surface area contributed by atoms with Crippen LogP contribution in [-0.2, 0) is 17.9 Å². The lowest BCUT2D eigenvalue weighted by Gasteiger charge is -2.17. The number of likely N-dealkylation sites (N-methyl/N-ethyl adjacent to an activating group) is 1. The molecule has 1 aromatic rings. The molecule has 0 saturated carbocycles. The molecular weight excluding hydrogens is 232 g/mol. The molecule has 1 aliphatic rings. The molecule has 0 aliphatic carbocycles. The molecular formula is C12H20N4S. The molecule has 0 fully saturated rings. The fraction of sp³-hybridized carbons (Fsp3) is 0.667. The average molecular weight is 252 g/mol. The molecule has 2 rings (SSSR count). The summed E-state index contributed by atoms with van der Waals surface area (Å²) in [6, 6.07) is 0. The van der Waals surface area contributed by atoms with Gasteiger partial charge in [-0.05, 0) is 13.1 Å². The largest absolute Gasteiger partial charge is 0.383 e. The molecule has 0 unspecified atom stereocenters. The first kappa shape index (κ1) is 12.6. The van der Waals surface area contributed by atoms with Crippen LogP contribution in [0.4, 0.5) is 5.82 Å². The number of nitrogens with two attached hydrogens (primary N) is 1. The fourth-order valence-electron chi connectivity index (χ4n) is 2.04. The molecule has 1 aromatic heterocycles. The highest BCUT2D eigenvalue weighted by Crippen LogP contribution is 2.31. The zero-order valence-electron chi connectivity index (χ0n) is 10.6. The SMILES string of the molecule is CCN(CC)CCc1nc(N)c2c(n1)CSC2. The number of thioether (sulfide) groups is 1. The van der Waals surface area contributed by atoms with Gasteiger partial charge in [-0.3, -0.25) is 0 Å². The summed E-state index contributed by atoms with van der Waals surface area (Å²) in [5.41, 5.74) is 8.27. The molecule has 94 valence electrons. The third kappa shape index (κ3) is 2.90. The summed E-state index contributed by atoms with van der Waals surface area (Å²) in [4.78, 5) is 11.4. The molecule has 0 radical (unpaired) electrons. The standard InChI is InChI=1S/C12H20N4S/c1-3-16(4-2)6-5-11-14-10-8-17-7-9(10)12(13)15-11/h3-8H2,1-2H3,(H2,13,14,15). The number of anilines is 1. The Bertz CT molecular complexity index is 390. The minimum Gasteiger partial charge on any atom is -0.383 e. The number of hydrogen-bond donors (Lipinski definition) is 1. The van der Waals surface area contributed by atoms with Crippen molar-refractivity contribution in [2.24, 2.45) is 0 Å². The predicted molar refractivity (Wildman–Crippen MR) is 72.9 cm³/mol. The molecule has 0 amide bonds. The van der Waals surface area contributed by atoms with E-state index in [0.717, 1.165) is 54.6 Å². The number of nitrogens with zero attached hydrogens (tertiary/aromatic N) is 3. The molecule has 0 saturated heterocycles. The van der Waals surface area contributed by atoms with E-state index in [9.17, 15) is 0 Å². The van der Waals surface area contributed by atoms with Crippen LogP contribution in [0.15, 0.2) is 0 Å². The van der Waals surface area contributed by atoms with Gasteiger partial charge in [-0.15, -0.1) is 0 Å². The Morgan fingerprint density at radius 2 is 2.00 bits per heavy atom. The van der Waals surface area contributed by atoms with Crippen LogP contribution in [0.25, 0.3) is 0 Å². The van der Waals surface area contributed by atoms with E-state index in [1.54, 1.807) is 0 Å². The fourth-order valence-corrected chi connectivity index (χ4v) is 3.09. The second-order valence-corrected chi connectivity index (χ2v) is 5.21. The van der Waals surface area contributed by atoms with Crippen molar-refractivity contribution in [3.8, 4) is 0 Å². The van der Waals surface area contributed by atoms with Crippen molar-refractivity contribution in [1.29, 1.82) is 0 Å². The van der Waals surface area contributed by atoms with Crippen LogP contribution in [0, 0.1) is 0 Å². The van der Waals surface area contributed by atoms with E-state index in [1.165, 1.54) is 0 Å². The van der Waals surface area contributed by atoms with Crippen LogP contribution in [0.3, 0.4) is 0 Å². The number of hydrogen-bond acceptors (Lipinski definition) is 5. The van der Waals surface area contributed by atoms with Crippen molar-refractivity contribution in [3.05, 3.63) is 17.1 Å². The first-order valence-corrected chi connectivity index (χ1v) is 7.34. The predicted octanol–water partition coefficient (Wildman–Crippen LogP) is 1.69. The first-order valence-electron chi connectivity index (χ1n) is 6.18. The van der Waals surface area contributed by atoms with Crippen LogP contribution in [0.2, 0.25) is 0 Å². The van der Waals surface area contributed by atoms with Gasteiger partial charge in [0, 0.05) is 30.0 Å². The lowest BCUT2D eigenvalue weighted by Crippen LogP contribution is -2.26. The molecule has 0 bridgehead atoms. The van der Waals surface area contributed by atoms with Crippen molar-refractivity contribution >= 4 is 17.6 Å². The molecule has 4 nitrogen and oxygen atoms in total. The van der Waals surface area contributed by atoms with Crippen molar-refractivity contribution in [2.45, 2.75) is 31.8 Å². The minimum atomic E-state index is 0.689. The lowest BCUT2D eigenvalue weighted by molar-refractivity contribution is 0.305. The molecule has 0 aromatic carbocycles. The molecule has 0 atom stereocenters. The van der Waals surface area contributed by atoms with Crippen molar-refractivity contribution < 1.29 is 0 Å². The lowest BCUT2D eigenvalue weighted by atomic mass is 10.2. The smallest absolute Gasteiger partial charge is 0.132 e. The van der Waals surface area contributed by atoms with E-state index in [1.807, 2.05) is 11.8 Å². The maximum Gasteiger partial charge on any atom is 0.132 e. The van der Waals surface area contributed by atoms with Crippen molar-refractivity contribution in [2.75, 3.05) is 25.4 Å². The van der Waals surface area contributed by atoms with Gasteiger partial charge in [0.15, 0.2) is 0 Å². The van der Waals surface area contributed by atoms with Gasteiger partial charge in [0.1, 0.15) is 11.6 Å². The van der Waals surface area contributed by atoms with Crippen LogP contribution < -0.4 is 5.73 Å². The molecule has 5 heteroatoms. The highest BCUT2D eigenvalue weighted by atomic mass is 32.2. The van der Waals surface area contributed by atoms with Gasteiger partial charge in [0.25, 0.3) is 0 Å². The quantitative estimate of drug-likeness (QED) is 0.864. The van der Waals surface area contributed by atoms with E-state index in [-0.39, 0.29) is 0 Å². The Morgan fingerprint density at radius 1 is 1.24 bits per heavy atom. The molecule has 2 heterocycles. The summed E-state index contributed by atoms with van der Waals surface area (Å²) >= 11 is 1.87. The third-order valence-electron chi connectivity index (χ3n) is 3.20. The summed E-state index contributed by atoms with van der Waals surface area (Å²) in [5, 5.41) is 0. The highest BCUT2D eigenvalue weighted by molar-refractivity contribution is 7.98. The van der Waals surface area contributed by atoms with Gasteiger partial charge >= 0.3 is 0 Å². The van der Waals surface area contributed by atoms with Crippen molar-refractivity contribution in [1.82, 2.24) is 14.9 Å². The van der Waals surface area contributed by atoms with Gasteiger partial charge in [-0.1, -0.05) is 13.8 Å². The van der Waals surface area contributed by atoms with E-state index in [0.29, 0.717) is 5.82 Å². The Labute approximate surface area is 107 Å². The van der Waals surface area contributed by atoms with Gasteiger partial charge in [-0.25, -0.2) is 9.97 Å². The molecule has 0 spiro atoms. The summed E-state index contributed by atoms with van der Waals surface area (Å²) in [7, 11) is 0. The molecule has 17 heavy (non-hydrogen) atoms. The maximum atomic E-state index is 5.97. The Hall–Kier alpha value is -0.810. The van der Waals surface area contributed by atoms with Crippen LogP contribution in [0.5, 0.6) is 0 Å². The van der Waals surface area contributed by atoms with Crippen LogP contribution in [0.1, 0.15) is 30.9 Å². The summed E-state index contributed by atoms with van der Waals surface area (Å²) < 4.78 is 0. The Balaban J connectivity index is 2.05. The van der Waals surface area contributed by atoms with E-state index < -0.39 is 0 Å². The molecule has 2 N–H and O–H groups in total. The Kier molecular flexibility index (Phi) is 4.23. The van der Waals surface area contributed by atoms with E-state index >= 15 is 0 Å². The second kappa shape index (κ2) is 5.69. The monoisotopic (exact) mass is 252 g/mol. The maximum absolute atomic E-state index is 5.97. The number of fused-ring (bicyclic) bond motifs is 1. The third-order valence-corrected chi connectivity index (χ3v) is 4.17. The summed E-state index contributed by atoms with van der Waals surface area (Å²) in [5.74, 6) is 3.54. The Morgan fingerprint density at radius 3 is 2.71 bits per heavy atom. The average Bonchev–Trinajstić information content (AvgIpc) is 2.79. The van der Waals surface area contributed by atoms with Crippen LogP contribution in [-0.4, -0.2) is 34.5 Å². The van der Waals surface area contributed by atoms with Crippen LogP contribution >= 0.6 is 11.8 Å². The summed E-state index contributed by atoms with van der Waals surface area (Å²) in [6.07, 6.45) is 0.893. The number of rotatable bonds is 5. The summed E-state index contributed by atoms with van der Waals surface area (Å²) in [6.45, 7) is 7.52. The number of nitrogen functional groups attached to an aromatic ring is 1. The first-order chi connectivity index (χ1) is 8.24. The topological polar surface area (TPSA) is 55.0 Å². The molecule has 1 aliphatic heterocycles. The van der Waals surface area contributed by atoms with Gasteiger partial charge < -0.3 is 10.6 Å². The van der Waals surface area contributed by atoms with E-state index in [2.05, 4.69) is 28.7 Å². The van der Waals surface area contributed by atoms with Crippen molar-refractivity contribution in [3.63, 3.8) is 0 Å². The minimum absolute atomic E-state index is 0.689. The van der Waals surface area contributed by atoms with E-state index in [4.69, 9.17) is 5.73 Å². The van der Waals surface area contributed by atoms with Gasteiger partial charge in [0.2, 0.25) is 0 Å². The zero-order valence-corrected chi connectivity index (χ0v) is 11.4. The van der Waals surface area contributed by atoms with Gasteiger partial charge in [-0.2, -0.15) is 11.8 Å².